The molecule has 3 aromatic carbocycles. The van der Waals surface area contributed by atoms with E-state index in [2.05, 4.69) is 4.72 Å². The molecule has 0 saturated carbocycles. The molecule has 3 aromatic rings. The molecule has 0 heterocycles. The molecule has 0 aliphatic carbocycles. The SMILES string of the molecule is CN(C(=O)c1ccc(S(=O)(=O)Nc2ccc(F)cc2)cc1)c1ccccc1. The summed E-state index contributed by atoms with van der Waals surface area (Å²) >= 11 is 0. The van der Waals surface area contributed by atoms with Gasteiger partial charge in [0.15, 0.2) is 0 Å². The van der Waals surface area contributed by atoms with Gasteiger partial charge < -0.3 is 4.90 Å². The van der Waals surface area contributed by atoms with Crippen molar-refractivity contribution < 1.29 is 17.6 Å². The van der Waals surface area contributed by atoms with Crippen LogP contribution in [-0.2, 0) is 10.0 Å². The lowest BCUT2D eigenvalue weighted by Crippen LogP contribution is -2.26. The molecule has 3 rings (SSSR count). The van der Waals surface area contributed by atoms with E-state index in [0.717, 1.165) is 5.69 Å². The van der Waals surface area contributed by atoms with E-state index in [-0.39, 0.29) is 16.5 Å². The van der Waals surface area contributed by atoms with Gasteiger partial charge in [-0.3, -0.25) is 9.52 Å². The Balaban J connectivity index is 1.78. The molecule has 1 N–H and O–H groups in total. The normalized spacial score (nSPS) is 11.0. The van der Waals surface area contributed by atoms with E-state index < -0.39 is 15.8 Å². The molecule has 138 valence electrons. The molecule has 0 fully saturated rings. The van der Waals surface area contributed by atoms with Crippen LogP contribution in [0.1, 0.15) is 10.4 Å². The third kappa shape index (κ3) is 4.32. The van der Waals surface area contributed by atoms with Gasteiger partial charge in [0.2, 0.25) is 0 Å². The van der Waals surface area contributed by atoms with Crippen LogP contribution >= 0.6 is 0 Å². The van der Waals surface area contributed by atoms with Crippen molar-refractivity contribution >= 4 is 27.3 Å². The zero-order valence-electron chi connectivity index (χ0n) is 14.5. The van der Waals surface area contributed by atoms with Crippen molar-refractivity contribution in [3.05, 3.63) is 90.2 Å². The maximum atomic E-state index is 12.9. The summed E-state index contributed by atoms with van der Waals surface area (Å²) in [6.07, 6.45) is 0. The Labute approximate surface area is 157 Å². The van der Waals surface area contributed by atoms with E-state index in [9.17, 15) is 17.6 Å². The maximum Gasteiger partial charge on any atom is 0.261 e. The van der Waals surface area contributed by atoms with E-state index >= 15 is 0 Å². The summed E-state index contributed by atoms with van der Waals surface area (Å²) in [5.41, 5.74) is 1.35. The Morgan fingerprint density at radius 1 is 0.889 bits per heavy atom. The number of nitrogens with zero attached hydrogens (tertiary/aromatic N) is 1. The van der Waals surface area contributed by atoms with Crippen LogP contribution in [0.4, 0.5) is 15.8 Å². The Morgan fingerprint density at radius 2 is 1.48 bits per heavy atom. The second-order valence-electron chi connectivity index (χ2n) is 5.84. The molecule has 27 heavy (non-hydrogen) atoms. The smallest absolute Gasteiger partial charge is 0.261 e. The summed E-state index contributed by atoms with van der Waals surface area (Å²) in [4.78, 5) is 14.0. The highest BCUT2D eigenvalue weighted by Gasteiger charge is 2.17. The minimum absolute atomic E-state index is 0.00531. The number of rotatable bonds is 5. The molecule has 1 amide bonds. The molecule has 0 aliphatic heterocycles. The van der Waals surface area contributed by atoms with Crippen LogP contribution in [-0.4, -0.2) is 21.4 Å². The highest BCUT2D eigenvalue weighted by molar-refractivity contribution is 7.92. The predicted octanol–water partition coefficient (Wildman–Crippen LogP) is 3.90. The van der Waals surface area contributed by atoms with Gasteiger partial charge in [0.25, 0.3) is 15.9 Å². The standard InChI is InChI=1S/C20H17FN2O3S/c1-23(18-5-3-2-4-6-18)20(24)15-7-13-19(14-8-15)27(25,26)22-17-11-9-16(21)10-12-17/h2-14,22H,1H3. The number of carbonyl (C=O) groups is 1. The number of hydrogen-bond donors (Lipinski definition) is 1. The number of para-hydroxylation sites is 1. The second-order valence-corrected chi connectivity index (χ2v) is 7.52. The van der Waals surface area contributed by atoms with Crippen LogP contribution in [0.2, 0.25) is 0 Å². The molecule has 0 atom stereocenters. The highest BCUT2D eigenvalue weighted by Crippen LogP contribution is 2.19. The summed E-state index contributed by atoms with van der Waals surface area (Å²) < 4.78 is 40.2. The molecule has 0 spiro atoms. The van der Waals surface area contributed by atoms with Crippen molar-refractivity contribution in [1.82, 2.24) is 0 Å². The van der Waals surface area contributed by atoms with E-state index in [4.69, 9.17) is 0 Å². The molecular weight excluding hydrogens is 367 g/mol. The van der Waals surface area contributed by atoms with Gasteiger partial charge in [0, 0.05) is 24.0 Å². The van der Waals surface area contributed by atoms with Crippen molar-refractivity contribution in [2.24, 2.45) is 0 Å². The average Bonchev–Trinajstić information content (AvgIpc) is 2.69. The van der Waals surface area contributed by atoms with Crippen LogP contribution in [0.5, 0.6) is 0 Å². The van der Waals surface area contributed by atoms with Crippen LogP contribution in [0.25, 0.3) is 0 Å². The zero-order valence-corrected chi connectivity index (χ0v) is 15.3. The number of sulfonamides is 1. The third-order valence-corrected chi connectivity index (χ3v) is 5.35. The lowest BCUT2D eigenvalue weighted by atomic mass is 10.2. The van der Waals surface area contributed by atoms with Gasteiger partial charge in [0.1, 0.15) is 5.82 Å². The molecule has 0 saturated heterocycles. The van der Waals surface area contributed by atoms with E-state index in [1.54, 1.807) is 7.05 Å². The topological polar surface area (TPSA) is 66.5 Å². The average molecular weight is 384 g/mol. The van der Waals surface area contributed by atoms with Gasteiger partial charge in [-0.1, -0.05) is 18.2 Å². The first kappa shape index (κ1) is 18.6. The van der Waals surface area contributed by atoms with Crippen molar-refractivity contribution in [3.63, 3.8) is 0 Å². The second kappa shape index (κ2) is 7.59. The highest BCUT2D eigenvalue weighted by atomic mass is 32.2. The van der Waals surface area contributed by atoms with Crippen molar-refractivity contribution in [1.29, 1.82) is 0 Å². The Bertz CT molecular complexity index is 1030. The molecule has 0 bridgehead atoms. The number of hydrogen-bond acceptors (Lipinski definition) is 3. The molecule has 0 radical (unpaired) electrons. The number of nitrogens with one attached hydrogen (secondary N) is 1. The molecule has 7 heteroatoms. The minimum atomic E-state index is -3.84. The fourth-order valence-corrected chi connectivity index (χ4v) is 3.53. The van der Waals surface area contributed by atoms with Gasteiger partial charge >= 0.3 is 0 Å². The Hall–Kier alpha value is -3.19. The first-order chi connectivity index (χ1) is 12.9. The number of carbonyl (C=O) groups excluding carboxylic acids is 1. The monoisotopic (exact) mass is 384 g/mol. The van der Waals surface area contributed by atoms with E-state index in [0.29, 0.717) is 5.56 Å². The van der Waals surface area contributed by atoms with Crippen LogP contribution in [0.15, 0.2) is 83.8 Å². The van der Waals surface area contributed by atoms with Crippen molar-refractivity contribution in [2.75, 3.05) is 16.7 Å². The van der Waals surface area contributed by atoms with Gasteiger partial charge in [-0.25, -0.2) is 12.8 Å². The van der Waals surface area contributed by atoms with Gasteiger partial charge in [0.05, 0.1) is 4.90 Å². The molecule has 5 nitrogen and oxygen atoms in total. The van der Waals surface area contributed by atoms with E-state index in [1.807, 2.05) is 30.3 Å². The first-order valence-corrected chi connectivity index (χ1v) is 9.57. The van der Waals surface area contributed by atoms with Gasteiger partial charge in [-0.2, -0.15) is 0 Å². The lowest BCUT2D eigenvalue weighted by molar-refractivity contribution is 0.0993. The summed E-state index contributed by atoms with van der Waals surface area (Å²) in [7, 11) is -2.19. The fourth-order valence-electron chi connectivity index (χ4n) is 2.47. The lowest BCUT2D eigenvalue weighted by Gasteiger charge is -2.17. The van der Waals surface area contributed by atoms with Crippen LogP contribution < -0.4 is 9.62 Å². The summed E-state index contributed by atoms with van der Waals surface area (Å²) in [5.74, 6) is -0.708. The van der Waals surface area contributed by atoms with Crippen LogP contribution in [0.3, 0.4) is 0 Å². The quantitative estimate of drug-likeness (QED) is 0.725. The summed E-state index contributed by atoms with van der Waals surface area (Å²) in [5, 5.41) is 0. The number of anilines is 2. The predicted molar refractivity (Wildman–Crippen MR) is 103 cm³/mol. The number of amides is 1. The number of halogens is 1. The third-order valence-electron chi connectivity index (χ3n) is 3.96. The Morgan fingerprint density at radius 3 is 2.07 bits per heavy atom. The molecule has 0 unspecified atom stereocenters. The fraction of sp³-hybridized carbons (Fsp3) is 0.0500. The Kier molecular flexibility index (Phi) is 5.23. The van der Waals surface area contributed by atoms with Crippen LogP contribution in [0, 0.1) is 5.82 Å². The molecular formula is C20H17FN2O3S. The number of benzene rings is 3. The summed E-state index contributed by atoms with van der Waals surface area (Å²) in [6.45, 7) is 0. The van der Waals surface area contributed by atoms with Crippen molar-refractivity contribution in [3.8, 4) is 0 Å². The zero-order chi connectivity index (χ0) is 19.4. The van der Waals surface area contributed by atoms with Gasteiger partial charge in [-0.15, -0.1) is 0 Å². The van der Waals surface area contributed by atoms with Crippen molar-refractivity contribution in [2.45, 2.75) is 4.90 Å². The first-order valence-electron chi connectivity index (χ1n) is 8.08. The minimum Gasteiger partial charge on any atom is -0.311 e. The largest absolute Gasteiger partial charge is 0.311 e. The molecule has 0 aliphatic rings. The molecule has 0 aromatic heterocycles. The van der Waals surface area contributed by atoms with Gasteiger partial charge in [-0.05, 0) is 60.7 Å². The maximum absolute atomic E-state index is 12.9. The van der Waals surface area contributed by atoms with E-state index in [1.165, 1.54) is 53.4 Å². The summed E-state index contributed by atoms with van der Waals surface area (Å²) in [6, 6.07) is 19.8.